The van der Waals surface area contributed by atoms with E-state index < -0.39 is 0 Å². The number of ether oxygens (including phenoxy) is 1. The summed E-state index contributed by atoms with van der Waals surface area (Å²) in [4.78, 5) is 26.0. The maximum atomic E-state index is 12.6. The van der Waals surface area contributed by atoms with Crippen LogP contribution in [-0.2, 0) is 4.74 Å². The van der Waals surface area contributed by atoms with Crippen LogP contribution in [0.15, 0.2) is 34.9 Å². The number of benzene rings is 1. The third-order valence-corrected chi connectivity index (χ3v) is 4.15. The minimum absolute atomic E-state index is 0.0729. The molecule has 1 saturated heterocycles. The molecule has 1 aliphatic rings. The van der Waals surface area contributed by atoms with Crippen LogP contribution in [0.5, 0.6) is 0 Å². The summed E-state index contributed by atoms with van der Waals surface area (Å²) < 4.78 is 10.1. The van der Waals surface area contributed by atoms with Gasteiger partial charge in [0.2, 0.25) is 0 Å². The Bertz CT molecular complexity index is 754. The number of carbonyl (C=O) groups is 2. The van der Waals surface area contributed by atoms with E-state index in [4.69, 9.17) is 9.26 Å². The summed E-state index contributed by atoms with van der Waals surface area (Å²) in [5, 5.41) is 6.90. The van der Waals surface area contributed by atoms with Gasteiger partial charge in [-0.2, -0.15) is 0 Å². The standard InChI is InChI=1S/C18H21N3O4/c1-3-24-17(22)13-6-8-14(9-7-13)19-18(23)21-10-4-5-16(21)15-11-12(2)25-20-15/h6-9,11,16H,3-5,10H2,1-2H3,(H,19,23)/t16-/m0/s1. The highest BCUT2D eigenvalue weighted by Crippen LogP contribution is 2.32. The molecule has 2 heterocycles. The number of nitrogens with zero attached hydrogens (tertiary/aromatic N) is 2. The van der Waals surface area contributed by atoms with Crippen molar-refractivity contribution >= 4 is 17.7 Å². The van der Waals surface area contributed by atoms with Crippen LogP contribution in [0, 0.1) is 6.92 Å². The van der Waals surface area contributed by atoms with Crippen LogP contribution in [0.25, 0.3) is 0 Å². The largest absolute Gasteiger partial charge is 0.462 e. The van der Waals surface area contributed by atoms with Crippen molar-refractivity contribution in [1.82, 2.24) is 10.1 Å². The van der Waals surface area contributed by atoms with Gasteiger partial charge in [-0.15, -0.1) is 0 Å². The molecule has 7 nitrogen and oxygen atoms in total. The van der Waals surface area contributed by atoms with E-state index in [1.54, 1.807) is 36.1 Å². The fourth-order valence-corrected chi connectivity index (χ4v) is 2.96. The van der Waals surface area contributed by atoms with Crippen molar-refractivity contribution in [3.05, 3.63) is 47.3 Å². The molecule has 0 unspecified atom stereocenters. The summed E-state index contributed by atoms with van der Waals surface area (Å²) in [5.41, 5.74) is 1.86. The Hall–Kier alpha value is -2.83. The third kappa shape index (κ3) is 3.81. The molecule has 1 aromatic heterocycles. The summed E-state index contributed by atoms with van der Waals surface area (Å²) in [6.07, 6.45) is 1.78. The van der Waals surface area contributed by atoms with Crippen LogP contribution in [0.2, 0.25) is 0 Å². The van der Waals surface area contributed by atoms with Crippen molar-refractivity contribution in [1.29, 1.82) is 0 Å². The second kappa shape index (κ2) is 7.38. The third-order valence-electron chi connectivity index (χ3n) is 4.15. The zero-order valence-corrected chi connectivity index (χ0v) is 14.3. The molecule has 0 radical (unpaired) electrons. The lowest BCUT2D eigenvalue weighted by Crippen LogP contribution is -2.34. The van der Waals surface area contributed by atoms with Crippen molar-refractivity contribution in [3.8, 4) is 0 Å². The van der Waals surface area contributed by atoms with Gasteiger partial charge >= 0.3 is 12.0 Å². The van der Waals surface area contributed by atoms with Crippen molar-refractivity contribution in [2.45, 2.75) is 32.7 Å². The quantitative estimate of drug-likeness (QED) is 0.859. The number of aryl methyl sites for hydroxylation is 1. The van der Waals surface area contributed by atoms with E-state index in [1.807, 2.05) is 13.0 Å². The van der Waals surface area contributed by atoms with Gasteiger partial charge in [0.1, 0.15) is 11.5 Å². The number of likely N-dealkylation sites (tertiary alicyclic amines) is 1. The monoisotopic (exact) mass is 343 g/mol. The van der Waals surface area contributed by atoms with Crippen LogP contribution in [0.4, 0.5) is 10.5 Å². The van der Waals surface area contributed by atoms with Gasteiger partial charge in [-0.25, -0.2) is 9.59 Å². The van der Waals surface area contributed by atoms with Crippen LogP contribution in [-0.4, -0.2) is 35.2 Å². The SMILES string of the molecule is CCOC(=O)c1ccc(NC(=O)N2CCC[C@H]2c2cc(C)on2)cc1. The molecule has 2 aromatic rings. The average molecular weight is 343 g/mol. The van der Waals surface area contributed by atoms with E-state index in [9.17, 15) is 9.59 Å². The molecule has 1 aliphatic heterocycles. The number of urea groups is 1. The van der Waals surface area contributed by atoms with Crippen LogP contribution in [0.3, 0.4) is 0 Å². The van der Waals surface area contributed by atoms with Gasteiger partial charge in [0.05, 0.1) is 18.2 Å². The second-order valence-corrected chi connectivity index (χ2v) is 5.94. The molecule has 0 aliphatic carbocycles. The predicted molar refractivity (Wildman–Crippen MR) is 91.3 cm³/mol. The highest BCUT2D eigenvalue weighted by Gasteiger charge is 2.32. The topological polar surface area (TPSA) is 84.7 Å². The summed E-state index contributed by atoms with van der Waals surface area (Å²) in [5.74, 6) is 0.359. The molecule has 1 atom stereocenters. The molecule has 132 valence electrons. The van der Waals surface area contributed by atoms with Gasteiger partial charge in [0, 0.05) is 18.3 Å². The smallest absolute Gasteiger partial charge is 0.338 e. The number of amides is 2. The average Bonchev–Trinajstić information content (AvgIpc) is 3.24. The molecule has 7 heteroatoms. The second-order valence-electron chi connectivity index (χ2n) is 5.94. The Morgan fingerprint density at radius 1 is 1.36 bits per heavy atom. The maximum Gasteiger partial charge on any atom is 0.338 e. The van der Waals surface area contributed by atoms with Gasteiger partial charge in [-0.1, -0.05) is 5.16 Å². The first-order chi connectivity index (χ1) is 12.1. The summed E-state index contributed by atoms with van der Waals surface area (Å²) in [6.45, 7) is 4.59. The number of anilines is 1. The minimum Gasteiger partial charge on any atom is -0.462 e. The Morgan fingerprint density at radius 2 is 2.12 bits per heavy atom. The lowest BCUT2D eigenvalue weighted by molar-refractivity contribution is 0.0526. The summed E-state index contributed by atoms with van der Waals surface area (Å²) in [6, 6.07) is 8.25. The number of nitrogens with one attached hydrogen (secondary N) is 1. The molecule has 25 heavy (non-hydrogen) atoms. The highest BCUT2D eigenvalue weighted by molar-refractivity contribution is 5.92. The predicted octanol–water partition coefficient (Wildman–Crippen LogP) is 3.53. The van der Waals surface area contributed by atoms with Crippen LogP contribution < -0.4 is 5.32 Å². The number of esters is 1. The number of carbonyl (C=O) groups excluding carboxylic acids is 2. The van der Waals surface area contributed by atoms with Crippen molar-refractivity contribution in [2.75, 3.05) is 18.5 Å². The summed E-state index contributed by atoms with van der Waals surface area (Å²) >= 11 is 0. The number of rotatable bonds is 4. The molecule has 3 rings (SSSR count). The molecular weight excluding hydrogens is 322 g/mol. The van der Waals surface area contributed by atoms with Gasteiger partial charge < -0.3 is 19.5 Å². The van der Waals surface area contributed by atoms with Crippen molar-refractivity contribution < 1.29 is 18.8 Å². The fraction of sp³-hybridized carbons (Fsp3) is 0.389. The van der Waals surface area contributed by atoms with E-state index in [2.05, 4.69) is 10.5 Å². The normalized spacial score (nSPS) is 16.7. The molecule has 0 spiro atoms. The minimum atomic E-state index is -0.374. The molecule has 2 amide bonds. The Balaban J connectivity index is 1.66. The molecule has 1 N–H and O–H groups in total. The van der Waals surface area contributed by atoms with E-state index in [0.717, 1.165) is 24.3 Å². The zero-order valence-electron chi connectivity index (χ0n) is 14.3. The first-order valence-corrected chi connectivity index (χ1v) is 8.36. The lowest BCUT2D eigenvalue weighted by Gasteiger charge is -2.23. The van der Waals surface area contributed by atoms with E-state index in [0.29, 0.717) is 24.4 Å². The first-order valence-electron chi connectivity index (χ1n) is 8.36. The van der Waals surface area contributed by atoms with E-state index in [1.165, 1.54) is 0 Å². The molecule has 0 saturated carbocycles. The lowest BCUT2D eigenvalue weighted by atomic mass is 10.1. The molecule has 0 bridgehead atoms. The summed E-state index contributed by atoms with van der Waals surface area (Å²) in [7, 11) is 0. The van der Waals surface area contributed by atoms with Gasteiger partial charge in [0.15, 0.2) is 0 Å². The van der Waals surface area contributed by atoms with Gasteiger partial charge in [-0.3, -0.25) is 0 Å². The van der Waals surface area contributed by atoms with Crippen molar-refractivity contribution in [2.24, 2.45) is 0 Å². The zero-order chi connectivity index (χ0) is 17.8. The number of hydrogen-bond acceptors (Lipinski definition) is 5. The van der Waals surface area contributed by atoms with Crippen LogP contribution >= 0.6 is 0 Å². The van der Waals surface area contributed by atoms with Crippen LogP contribution in [0.1, 0.15) is 47.6 Å². The Kier molecular flexibility index (Phi) is 5.02. The molecule has 1 aromatic carbocycles. The number of aromatic nitrogens is 1. The number of hydrogen-bond donors (Lipinski definition) is 1. The van der Waals surface area contributed by atoms with E-state index >= 15 is 0 Å². The first kappa shape index (κ1) is 17.0. The van der Waals surface area contributed by atoms with Gasteiger partial charge in [0.25, 0.3) is 0 Å². The van der Waals surface area contributed by atoms with Crippen molar-refractivity contribution in [3.63, 3.8) is 0 Å². The van der Waals surface area contributed by atoms with Gasteiger partial charge in [-0.05, 0) is 51.0 Å². The molecular formula is C18H21N3O4. The Morgan fingerprint density at radius 3 is 2.76 bits per heavy atom. The molecule has 1 fully saturated rings. The Labute approximate surface area is 145 Å². The van der Waals surface area contributed by atoms with E-state index in [-0.39, 0.29) is 18.0 Å². The fourth-order valence-electron chi connectivity index (χ4n) is 2.96. The highest BCUT2D eigenvalue weighted by atomic mass is 16.5. The maximum absolute atomic E-state index is 12.6.